The van der Waals surface area contributed by atoms with Gasteiger partial charge in [-0.2, -0.15) is 0 Å². The number of benzene rings is 1. The Morgan fingerprint density at radius 2 is 2.14 bits per heavy atom. The van der Waals surface area contributed by atoms with Gasteiger partial charge >= 0.3 is 0 Å². The number of hydrogen-bond donors (Lipinski definition) is 2. The van der Waals surface area contributed by atoms with Crippen LogP contribution in [-0.2, 0) is 4.79 Å². The van der Waals surface area contributed by atoms with Gasteiger partial charge in [0.2, 0.25) is 5.91 Å². The fourth-order valence-electron chi connectivity index (χ4n) is 2.99. The normalized spacial score (nSPS) is 23.1. The molecule has 0 radical (unpaired) electrons. The average Bonchev–Trinajstić information content (AvgIpc) is 2.98. The van der Waals surface area contributed by atoms with Crippen LogP contribution >= 0.6 is 0 Å². The lowest BCUT2D eigenvalue weighted by Crippen LogP contribution is -2.46. The van der Waals surface area contributed by atoms with Crippen molar-refractivity contribution >= 4 is 5.91 Å². The molecule has 1 fully saturated rings. The van der Waals surface area contributed by atoms with Gasteiger partial charge < -0.3 is 15.4 Å². The van der Waals surface area contributed by atoms with Gasteiger partial charge in [0.25, 0.3) is 0 Å². The smallest absolute Gasteiger partial charge is 0.228 e. The van der Waals surface area contributed by atoms with Crippen molar-refractivity contribution in [3.63, 3.8) is 0 Å². The number of ether oxygens (including phenoxy) is 1. The van der Waals surface area contributed by atoms with E-state index >= 15 is 0 Å². The third-order valence-electron chi connectivity index (χ3n) is 4.69. The summed E-state index contributed by atoms with van der Waals surface area (Å²) < 4.78 is 5.25. The van der Waals surface area contributed by atoms with Crippen molar-refractivity contribution < 1.29 is 9.53 Å². The minimum atomic E-state index is -0.285. The number of rotatable bonds is 5. The lowest BCUT2D eigenvalue weighted by Gasteiger charge is -2.32. The maximum Gasteiger partial charge on any atom is 0.228 e. The molecule has 4 nitrogen and oxygen atoms in total. The maximum absolute atomic E-state index is 12.8. The Labute approximate surface area is 127 Å². The number of amides is 1. The second kappa shape index (κ2) is 6.48. The fourth-order valence-corrected chi connectivity index (χ4v) is 2.99. The first-order chi connectivity index (χ1) is 9.99. The maximum atomic E-state index is 12.8. The lowest BCUT2D eigenvalue weighted by atomic mass is 9.75. The van der Waals surface area contributed by atoms with Gasteiger partial charge in [-0.1, -0.05) is 26.0 Å². The molecule has 2 rings (SSSR count). The van der Waals surface area contributed by atoms with Crippen LogP contribution in [0.3, 0.4) is 0 Å². The third-order valence-corrected chi connectivity index (χ3v) is 4.69. The third kappa shape index (κ3) is 3.21. The van der Waals surface area contributed by atoms with Crippen LogP contribution < -0.4 is 15.4 Å². The van der Waals surface area contributed by atoms with Crippen molar-refractivity contribution in [1.82, 2.24) is 10.6 Å². The summed E-state index contributed by atoms with van der Waals surface area (Å²) in [6.45, 7) is 7.95. The molecule has 2 atom stereocenters. The number of methoxy groups -OCH3 is 1. The Bertz CT molecular complexity index is 493. The molecular weight excluding hydrogens is 264 g/mol. The van der Waals surface area contributed by atoms with Crippen molar-refractivity contribution in [3.8, 4) is 5.75 Å². The quantitative estimate of drug-likeness (QED) is 0.876. The highest BCUT2D eigenvalue weighted by Gasteiger charge is 2.44. The summed E-state index contributed by atoms with van der Waals surface area (Å²) in [5, 5.41) is 6.50. The molecule has 4 heteroatoms. The summed E-state index contributed by atoms with van der Waals surface area (Å²) in [6, 6.07) is 7.83. The van der Waals surface area contributed by atoms with Gasteiger partial charge in [0, 0.05) is 6.54 Å². The molecule has 1 saturated heterocycles. The molecule has 0 saturated carbocycles. The number of carbonyl (C=O) groups excluding carboxylic acids is 1. The topological polar surface area (TPSA) is 50.4 Å². The molecule has 0 spiro atoms. The summed E-state index contributed by atoms with van der Waals surface area (Å²) in [5.41, 5.74) is 0.778. The Balaban J connectivity index is 2.10. The van der Waals surface area contributed by atoms with Gasteiger partial charge in [0.15, 0.2) is 0 Å². The highest BCUT2D eigenvalue weighted by molar-refractivity contribution is 5.84. The largest absolute Gasteiger partial charge is 0.497 e. The standard InChI is InChI=1S/C17H26N2O2/c1-12(2)17(8-9-18-11-17)16(20)19-13(3)14-6-5-7-15(10-14)21-4/h5-7,10,12-13,18H,8-9,11H2,1-4H3,(H,19,20)/t13-,17?/m1/s1. The summed E-state index contributed by atoms with van der Waals surface area (Å²) in [5.74, 6) is 1.29. The van der Waals surface area contributed by atoms with Crippen LogP contribution in [0.1, 0.15) is 38.8 Å². The molecular formula is C17H26N2O2. The van der Waals surface area contributed by atoms with Gasteiger partial charge in [-0.05, 0) is 43.5 Å². The molecule has 0 aliphatic carbocycles. The van der Waals surface area contributed by atoms with Crippen LogP contribution in [0.5, 0.6) is 5.75 Å². The zero-order valence-electron chi connectivity index (χ0n) is 13.4. The minimum Gasteiger partial charge on any atom is -0.497 e. The minimum absolute atomic E-state index is 0.0242. The number of carbonyl (C=O) groups is 1. The molecule has 1 heterocycles. The van der Waals surface area contributed by atoms with E-state index in [0.29, 0.717) is 5.92 Å². The van der Waals surface area contributed by atoms with E-state index < -0.39 is 0 Å². The first-order valence-electron chi connectivity index (χ1n) is 7.65. The van der Waals surface area contributed by atoms with Crippen molar-refractivity contribution in [3.05, 3.63) is 29.8 Å². The van der Waals surface area contributed by atoms with E-state index in [1.165, 1.54) is 0 Å². The van der Waals surface area contributed by atoms with Crippen molar-refractivity contribution in [1.29, 1.82) is 0 Å². The number of hydrogen-bond acceptors (Lipinski definition) is 3. The summed E-state index contributed by atoms with van der Waals surface area (Å²) in [7, 11) is 1.65. The van der Waals surface area contributed by atoms with Gasteiger partial charge in [-0.25, -0.2) is 0 Å². The van der Waals surface area contributed by atoms with Crippen LogP contribution in [0.4, 0.5) is 0 Å². The monoisotopic (exact) mass is 290 g/mol. The van der Waals surface area contributed by atoms with E-state index in [4.69, 9.17) is 4.74 Å². The second-order valence-electron chi connectivity index (χ2n) is 6.21. The highest BCUT2D eigenvalue weighted by atomic mass is 16.5. The van der Waals surface area contributed by atoms with E-state index in [-0.39, 0.29) is 17.4 Å². The van der Waals surface area contributed by atoms with Gasteiger partial charge in [-0.3, -0.25) is 4.79 Å². The van der Waals surface area contributed by atoms with Crippen LogP contribution in [0.25, 0.3) is 0 Å². The predicted octanol–water partition coefficient (Wildman–Crippen LogP) is 2.51. The molecule has 1 aromatic rings. The summed E-state index contributed by atoms with van der Waals surface area (Å²) in [4.78, 5) is 12.8. The SMILES string of the molecule is COc1cccc([C@@H](C)NC(=O)C2(C(C)C)CCNC2)c1. The van der Waals surface area contributed by atoms with E-state index in [1.54, 1.807) is 7.11 Å². The number of nitrogens with one attached hydrogen (secondary N) is 2. The van der Waals surface area contributed by atoms with E-state index in [9.17, 15) is 4.79 Å². The zero-order chi connectivity index (χ0) is 15.5. The molecule has 1 amide bonds. The molecule has 0 aromatic heterocycles. The van der Waals surface area contributed by atoms with Crippen LogP contribution in [0.2, 0.25) is 0 Å². The molecule has 1 aliphatic heterocycles. The molecule has 2 N–H and O–H groups in total. The summed E-state index contributed by atoms with van der Waals surface area (Å²) in [6.07, 6.45) is 0.904. The molecule has 1 unspecified atom stereocenters. The van der Waals surface area contributed by atoms with Crippen LogP contribution in [0.15, 0.2) is 24.3 Å². The van der Waals surface area contributed by atoms with Gasteiger partial charge in [0.1, 0.15) is 5.75 Å². The Morgan fingerprint density at radius 3 is 2.71 bits per heavy atom. The van der Waals surface area contributed by atoms with Gasteiger partial charge in [-0.15, -0.1) is 0 Å². The van der Waals surface area contributed by atoms with Crippen LogP contribution in [-0.4, -0.2) is 26.1 Å². The second-order valence-corrected chi connectivity index (χ2v) is 6.21. The summed E-state index contributed by atoms with van der Waals surface area (Å²) >= 11 is 0. The zero-order valence-corrected chi connectivity index (χ0v) is 13.4. The van der Waals surface area contributed by atoms with Gasteiger partial charge in [0.05, 0.1) is 18.6 Å². The van der Waals surface area contributed by atoms with E-state index in [0.717, 1.165) is 30.8 Å². The van der Waals surface area contributed by atoms with Crippen LogP contribution in [0, 0.1) is 11.3 Å². The molecule has 116 valence electrons. The fraction of sp³-hybridized carbons (Fsp3) is 0.588. The van der Waals surface area contributed by atoms with Crippen molar-refractivity contribution in [2.75, 3.05) is 20.2 Å². The average molecular weight is 290 g/mol. The van der Waals surface area contributed by atoms with Crippen molar-refractivity contribution in [2.45, 2.75) is 33.2 Å². The van der Waals surface area contributed by atoms with E-state index in [2.05, 4.69) is 24.5 Å². The first-order valence-corrected chi connectivity index (χ1v) is 7.65. The first kappa shape index (κ1) is 15.8. The van der Waals surface area contributed by atoms with E-state index in [1.807, 2.05) is 31.2 Å². The molecule has 0 bridgehead atoms. The lowest BCUT2D eigenvalue weighted by molar-refractivity contribution is -0.133. The molecule has 1 aliphatic rings. The van der Waals surface area contributed by atoms with Crippen molar-refractivity contribution in [2.24, 2.45) is 11.3 Å². The Kier molecular flexibility index (Phi) is 4.88. The Hall–Kier alpha value is -1.55. The Morgan fingerprint density at radius 1 is 1.38 bits per heavy atom. The molecule has 21 heavy (non-hydrogen) atoms. The highest BCUT2D eigenvalue weighted by Crippen LogP contribution is 2.35. The molecule has 1 aromatic carbocycles. The predicted molar refractivity (Wildman–Crippen MR) is 84.3 cm³/mol.